The normalized spacial score (nSPS) is 11.0. The van der Waals surface area contributed by atoms with E-state index >= 15 is 0 Å². The molecule has 4 rings (SSSR count). The zero-order valence-electron chi connectivity index (χ0n) is 14.8. The van der Waals surface area contributed by atoms with Crippen LogP contribution >= 0.6 is 11.3 Å². The Hall–Kier alpha value is -3.19. The molecule has 0 atom stereocenters. The second kappa shape index (κ2) is 6.85. The maximum absolute atomic E-state index is 13.1. The number of furan rings is 1. The first-order valence-corrected chi connectivity index (χ1v) is 9.11. The Kier molecular flexibility index (Phi) is 4.37. The Morgan fingerprint density at radius 2 is 2.00 bits per heavy atom. The number of thiophene rings is 1. The monoisotopic (exact) mass is 380 g/mol. The van der Waals surface area contributed by atoms with Crippen molar-refractivity contribution < 1.29 is 13.9 Å². The van der Waals surface area contributed by atoms with Crippen LogP contribution in [0.1, 0.15) is 21.2 Å². The highest BCUT2D eigenvalue weighted by molar-refractivity contribution is 7.19. The van der Waals surface area contributed by atoms with E-state index in [1.165, 1.54) is 35.4 Å². The van der Waals surface area contributed by atoms with Crippen molar-refractivity contribution in [2.45, 2.75) is 13.5 Å². The summed E-state index contributed by atoms with van der Waals surface area (Å²) in [5.74, 6) is 0.0276. The van der Waals surface area contributed by atoms with Gasteiger partial charge in [0.1, 0.15) is 10.6 Å². The van der Waals surface area contributed by atoms with Crippen LogP contribution in [0.4, 0.5) is 0 Å². The van der Waals surface area contributed by atoms with Gasteiger partial charge in [0, 0.05) is 10.4 Å². The second-order valence-electron chi connectivity index (χ2n) is 6.01. The van der Waals surface area contributed by atoms with Crippen molar-refractivity contribution >= 4 is 27.5 Å². The minimum atomic E-state index is -0.554. The van der Waals surface area contributed by atoms with Crippen LogP contribution < -0.4 is 5.56 Å². The fourth-order valence-electron chi connectivity index (χ4n) is 3.04. The van der Waals surface area contributed by atoms with Crippen molar-refractivity contribution in [3.63, 3.8) is 0 Å². The number of hydrogen-bond acceptors (Lipinski definition) is 6. The number of rotatable bonds is 4. The maximum Gasteiger partial charge on any atom is 0.373 e. The van der Waals surface area contributed by atoms with Crippen molar-refractivity contribution in [2.75, 3.05) is 7.11 Å². The molecule has 3 heterocycles. The van der Waals surface area contributed by atoms with E-state index in [1.54, 1.807) is 6.07 Å². The average molecular weight is 380 g/mol. The molecule has 136 valence electrons. The van der Waals surface area contributed by atoms with Gasteiger partial charge in [-0.2, -0.15) is 0 Å². The third-order valence-corrected chi connectivity index (χ3v) is 5.30. The molecule has 0 bridgehead atoms. The summed E-state index contributed by atoms with van der Waals surface area (Å²) >= 11 is 1.50. The molecular formula is C20H16N2O4S. The third kappa shape index (κ3) is 3.06. The van der Waals surface area contributed by atoms with Gasteiger partial charge in [0.05, 0.1) is 25.4 Å². The minimum Gasteiger partial charge on any atom is -0.463 e. The highest BCUT2D eigenvalue weighted by Crippen LogP contribution is 2.35. The molecular weight excluding hydrogens is 364 g/mol. The first-order chi connectivity index (χ1) is 13.1. The zero-order chi connectivity index (χ0) is 19.0. The number of carbonyl (C=O) groups excluding carboxylic acids is 1. The molecule has 0 amide bonds. The lowest BCUT2D eigenvalue weighted by Crippen LogP contribution is -2.20. The Labute approximate surface area is 158 Å². The van der Waals surface area contributed by atoms with Gasteiger partial charge in [-0.1, -0.05) is 30.3 Å². The Morgan fingerprint density at radius 1 is 1.22 bits per heavy atom. The van der Waals surface area contributed by atoms with Gasteiger partial charge in [-0.25, -0.2) is 9.78 Å². The third-order valence-electron chi connectivity index (χ3n) is 4.29. The van der Waals surface area contributed by atoms with E-state index < -0.39 is 5.97 Å². The number of benzene rings is 1. The first-order valence-electron chi connectivity index (χ1n) is 8.29. The smallest absolute Gasteiger partial charge is 0.373 e. The summed E-state index contributed by atoms with van der Waals surface area (Å²) in [6.45, 7) is 2.18. The van der Waals surface area contributed by atoms with Crippen molar-refractivity contribution in [2.24, 2.45) is 0 Å². The van der Waals surface area contributed by atoms with Crippen LogP contribution in [0.25, 0.3) is 21.3 Å². The van der Waals surface area contributed by atoms with Crippen LogP contribution in [0, 0.1) is 6.92 Å². The topological polar surface area (TPSA) is 74.3 Å². The van der Waals surface area contributed by atoms with Crippen LogP contribution in [0.15, 0.2) is 58.0 Å². The highest BCUT2D eigenvalue weighted by atomic mass is 32.1. The minimum absolute atomic E-state index is 0.103. The first kappa shape index (κ1) is 17.2. The van der Waals surface area contributed by atoms with Crippen molar-refractivity contribution in [3.8, 4) is 11.1 Å². The molecule has 0 saturated heterocycles. The summed E-state index contributed by atoms with van der Waals surface area (Å²) in [5.41, 5.74) is 1.76. The molecule has 0 fully saturated rings. The van der Waals surface area contributed by atoms with Crippen LogP contribution in [0.5, 0.6) is 0 Å². The Bertz CT molecular complexity index is 1190. The summed E-state index contributed by atoms with van der Waals surface area (Å²) in [6.07, 6.45) is 1.51. The molecule has 0 spiro atoms. The summed E-state index contributed by atoms with van der Waals surface area (Å²) in [6, 6.07) is 13.0. The van der Waals surface area contributed by atoms with Gasteiger partial charge < -0.3 is 9.15 Å². The molecule has 0 aliphatic rings. The number of nitrogens with zero attached hydrogens (tertiary/aromatic N) is 2. The lowest BCUT2D eigenvalue weighted by atomic mass is 10.0. The van der Waals surface area contributed by atoms with Crippen LogP contribution in [0.3, 0.4) is 0 Å². The van der Waals surface area contributed by atoms with Crippen molar-refractivity contribution in [3.05, 3.63) is 75.5 Å². The number of fused-ring (bicyclic) bond motifs is 1. The van der Waals surface area contributed by atoms with E-state index in [-0.39, 0.29) is 17.9 Å². The molecule has 6 nitrogen and oxygen atoms in total. The van der Waals surface area contributed by atoms with Crippen LogP contribution in [0.2, 0.25) is 0 Å². The van der Waals surface area contributed by atoms with Gasteiger partial charge in [-0.3, -0.25) is 9.36 Å². The zero-order valence-corrected chi connectivity index (χ0v) is 15.6. The Balaban J connectivity index is 1.79. The van der Waals surface area contributed by atoms with Gasteiger partial charge in [0.2, 0.25) is 5.76 Å². The Morgan fingerprint density at radius 3 is 2.74 bits per heavy atom. The molecule has 1 aromatic carbocycles. The van der Waals surface area contributed by atoms with Crippen molar-refractivity contribution in [1.82, 2.24) is 9.55 Å². The van der Waals surface area contributed by atoms with Gasteiger partial charge >= 0.3 is 5.97 Å². The largest absolute Gasteiger partial charge is 0.463 e. The molecule has 27 heavy (non-hydrogen) atoms. The van der Waals surface area contributed by atoms with E-state index in [0.717, 1.165) is 16.0 Å². The van der Waals surface area contributed by atoms with E-state index in [9.17, 15) is 9.59 Å². The molecule has 4 aromatic rings. The summed E-state index contributed by atoms with van der Waals surface area (Å²) in [5, 5.41) is 0.603. The number of esters is 1. The van der Waals surface area contributed by atoms with Gasteiger partial charge in [0.25, 0.3) is 5.56 Å². The molecule has 3 aromatic heterocycles. The summed E-state index contributed by atoms with van der Waals surface area (Å²) < 4.78 is 11.6. The lowest BCUT2D eigenvalue weighted by Gasteiger charge is -2.05. The van der Waals surface area contributed by atoms with Gasteiger partial charge in [-0.05, 0) is 24.6 Å². The molecule has 0 radical (unpaired) electrons. The summed E-state index contributed by atoms with van der Waals surface area (Å²) in [7, 11) is 1.29. The van der Waals surface area contributed by atoms with Gasteiger partial charge in [0.15, 0.2) is 0 Å². The number of hydrogen-bond donors (Lipinski definition) is 0. The van der Waals surface area contributed by atoms with Crippen LogP contribution in [-0.2, 0) is 11.3 Å². The number of ether oxygens (including phenoxy) is 1. The fourth-order valence-corrected chi connectivity index (χ4v) is 4.05. The van der Waals surface area contributed by atoms with E-state index in [2.05, 4.69) is 9.72 Å². The SMILES string of the molecule is COC(=O)c1ccc(Cn2cnc3sc(C)c(-c4ccccc4)c3c2=O)o1. The van der Waals surface area contributed by atoms with Gasteiger partial charge in [-0.15, -0.1) is 11.3 Å². The second-order valence-corrected chi connectivity index (χ2v) is 7.22. The summed E-state index contributed by atoms with van der Waals surface area (Å²) in [4.78, 5) is 30.9. The van der Waals surface area contributed by atoms with Crippen LogP contribution in [-0.4, -0.2) is 22.6 Å². The highest BCUT2D eigenvalue weighted by Gasteiger charge is 2.18. The van der Waals surface area contributed by atoms with E-state index in [1.807, 2.05) is 37.3 Å². The quantitative estimate of drug-likeness (QED) is 0.503. The van der Waals surface area contributed by atoms with Crippen molar-refractivity contribution in [1.29, 1.82) is 0 Å². The number of carbonyl (C=O) groups is 1. The molecule has 0 unspecified atom stereocenters. The maximum atomic E-state index is 13.1. The standard InChI is InChI=1S/C20H16N2O4S/c1-12-16(13-6-4-3-5-7-13)17-18(27-12)21-11-22(19(17)23)10-14-8-9-15(26-14)20(24)25-2/h3-9,11H,10H2,1-2H3. The predicted molar refractivity (Wildman–Crippen MR) is 103 cm³/mol. The van der Waals surface area contributed by atoms with E-state index in [4.69, 9.17) is 4.42 Å². The average Bonchev–Trinajstić information content (AvgIpc) is 3.28. The molecule has 0 aliphatic heterocycles. The molecule has 0 N–H and O–H groups in total. The predicted octanol–water partition coefficient (Wildman–Crippen LogP) is 3.86. The number of aryl methyl sites for hydroxylation is 1. The molecule has 7 heteroatoms. The molecule has 0 saturated carbocycles. The fraction of sp³-hybridized carbons (Fsp3) is 0.150. The molecule has 0 aliphatic carbocycles. The number of aromatic nitrogens is 2. The van der Waals surface area contributed by atoms with E-state index in [0.29, 0.717) is 16.0 Å². The lowest BCUT2D eigenvalue weighted by molar-refractivity contribution is 0.0563. The number of methoxy groups -OCH3 is 1.